The fraction of sp³-hybridized carbons (Fsp3) is 0.250. The maximum absolute atomic E-state index is 5.64. The number of nitrogens with one attached hydrogen (secondary N) is 1. The van der Waals surface area contributed by atoms with Gasteiger partial charge in [-0.2, -0.15) is 0 Å². The second-order valence-corrected chi connectivity index (χ2v) is 6.25. The molecule has 3 heterocycles. The Hall–Kier alpha value is -1.57. The van der Waals surface area contributed by atoms with E-state index in [9.17, 15) is 0 Å². The van der Waals surface area contributed by atoms with Crippen molar-refractivity contribution >= 4 is 38.7 Å². The van der Waals surface area contributed by atoms with Gasteiger partial charge in [-0.15, -0.1) is 22.7 Å². The third-order valence-corrected chi connectivity index (χ3v) is 5.13. The summed E-state index contributed by atoms with van der Waals surface area (Å²) in [5, 5.41) is 3.04. The van der Waals surface area contributed by atoms with E-state index >= 15 is 0 Å². The molecule has 0 bridgehead atoms. The van der Waals surface area contributed by atoms with Gasteiger partial charge in [-0.3, -0.25) is 0 Å². The van der Waals surface area contributed by atoms with E-state index in [-0.39, 0.29) is 0 Å². The third kappa shape index (κ3) is 1.66. The zero-order valence-electron chi connectivity index (χ0n) is 10.0. The molecule has 96 valence electrons. The monoisotopic (exact) mass is 289 g/mol. The number of aryl methyl sites for hydroxylation is 2. The molecule has 0 aliphatic heterocycles. The number of thiophene rings is 1. The molecule has 0 atom stereocenters. The van der Waals surface area contributed by atoms with Crippen LogP contribution in [0.1, 0.15) is 16.9 Å². The number of nitrogens with two attached hydrogens (primary N) is 1. The van der Waals surface area contributed by atoms with Crippen molar-refractivity contribution in [1.29, 1.82) is 0 Å². The van der Waals surface area contributed by atoms with E-state index in [0.717, 1.165) is 28.8 Å². The molecule has 0 saturated heterocycles. The van der Waals surface area contributed by atoms with E-state index in [2.05, 4.69) is 20.4 Å². The lowest BCUT2D eigenvalue weighted by Gasteiger charge is -2.05. The zero-order valence-corrected chi connectivity index (χ0v) is 11.6. The van der Waals surface area contributed by atoms with Crippen molar-refractivity contribution in [3.8, 4) is 11.5 Å². The number of fused-ring (bicyclic) bond motifs is 3. The van der Waals surface area contributed by atoms with E-state index in [0.29, 0.717) is 11.6 Å². The van der Waals surface area contributed by atoms with Crippen molar-refractivity contribution in [2.45, 2.75) is 19.3 Å². The molecule has 19 heavy (non-hydrogen) atoms. The van der Waals surface area contributed by atoms with Crippen LogP contribution in [0.4, 0.5) is 5.82 Å². The SMILES string of the molecule is NNc1nc(-c2cscn2)nc2sc3c(c12)CCC3. The summed E-state index contributed by atoms with van der Waals surface area (Å²) in [7, 11) is 0. The van der Waals surface area contributed by atoms with Crippen LogP contribution in [0, 0.1) is 0 Å². The Morgan fingerprint density at radius 2 is 2.21 bits per heavy atom. The van der Waals surface area contributed by atoms with Gasteiger partial charge in [-0.25, -0.2) is 20.8 Å². The Labute approximate surface area is 117 Å². The average molecular weight is 289 g/mol. The molecule has 0 aromatic carbocycles. The number of hydrogen-bond acceptors (Lipinski definition) is 7. The van der Waals surface area contributed by atoms with Gasteiger partial charge < -0.3 is 5.43 Å². The lowest BCUT2D eigenvalue weighted by molar-refractivity contribution is 0.917. The predicted octanol–water partition coefficient (Wildman–Crippen LogP) is 2.59. The van der Waals surface area contributed by atoms with E-state index in [4.69, 9.17) is 5.84 Å². The highest BCUT2D eigenvalue weighted by molar-refractivity contribution is 7.19. The molecular weight excluding hydrogens is 278 g/mol. The molecule has 1 aliphatic rings. The van der Waals surface area contributed by atoms with Crippen LogP contribution in [0.5, 0.6) is 0 Å². The third-order valence-electron chi connectivity index (χ3n) is 3.36. The van der Waals surface area contributed by atoms with Crippen LogP contribution in [0.3, 0.4) is 0 Å². The summed E-state index contributed by atoms with van der Waals surface area (Å²) < 4.78 is 0. The smallest absolute Gasteiger partial charge is 0.182 e. The Morgan fingerprint density at radius 3 is 3.00 bits per heavy atom. The quantitative estimate of drug-likeness (QED) is 0.560. The Kier molecular flexibility index (Phi) is 2.51. The molecular formula is C12H11N5S2. The second-order valence-electron chi connectivity index (χ2n) is 4.45. The summed E-state index contributed by atoms with van der Waals surface area (Å²) in [4.78, 5) is 15.9. The number of hydrazine groups is 1. The van der Waals surface area contributed by atoms with Gasteiger partial charge in [0.15, 0.2) is 11.6 Å². The van der Waals surface area contributed by atoms with Gasteiger partial charge in [0.1, 0.15) is 10.5 Å². The zero-order chi connectivity index (χ0) is 12.8. The summed E-state index contributed by atoms with van der Waals surface area (Å²) in [6.45, 7) is 0. The summed E-state index contributed by atoms with van der Waals surface area (Å²) in [6, 6.07) is 0. The van der Waals surface area contributed by atoms with E-state index < -0.39 is 0 Å². The highest BCUT2D eigenvalue weighted by atomic mass is 32.1. The summed E-state index contributed by atoms with van der Waals surface area (Å²) >= 11 is 3.29. The van der Waals surface area contributed by atoms with Gasteiger partial charge in [0.2, 0.25) is 0 Å². The number of hydrogen-bond donors (Lipinski definition) is 2. The van der Waals surface area contributed by atoms with Crippen LogP contribution in [0.2, 0.25) is 0 Å². The van der Waals surface area contributed by atoms with Crippen molar-refractivity contribution in [1.82, 2.24) is 15.0 Å². The van der Waals surface area contributed by atoms with E-state index in [1.54, 1.807) is 16.8 Å². The molecule has 0 amide bonds. The molecule has 3 N–H and O–H groups in total. The topological polar surface area (TPSA) is 76.7 Å². The summed E-state index contributed by atoms with van der Waals surface area (Å²) in [5.41, 5.74) is 6.68. The standard InChI is InChI=1S/C12H11N5S2/c13-17-11-9-6-2-1-3-8(6)19-12(9)16-10(15-11)7-4-18-5-14-7/h4-5H,1-3,13H2,(H,15,16,17). The minimum atomic E-state index is 0.640. The average Bonchev–Trinajstić information content (AvgIpc) is 3.13. The fourth-order valence-electron chi connectivity index (χ4n) is 2.54. The van der Waals surface area contributed by atoms with Gasteiger partial charge in [-0.05, 0) is 24.8 Å². The van der Waals surface area contributed by atoms with Crippen molar-refractivity contribution in [3.05, 3.63) is 21.3 Å². The molecule has 0 saturated carbocycles. The molecule has 0 radical (unpaired) electrons. The maximum Gasteiger partial charge on any atom is 0.182 e. The van der Waals surface area contributed by atoms with Crippen LogP contribution in [-0.4, -0.2) is 15.0 Å². The molecule has 0 fully saturated rings. The number of thiazole rings is 1. The van der Waals surface area contributed by atoms with E-state index in [1.807, 2.05) is 5.38 Å². The van der Waals surface area contributed by atoms with E-state index in [1.165, 1.54) is 28.2 Å². The van der Waals surface area contributed by atoms with Crippen LogP contribution in [0.15, 0.2) is 10.9 Å². The Bertz CT molecular complexity index is 747. The van der Waals surface area contributed by atoms with Crippen LogP contribution >= 0.6 is 22.7 Å². The number of nitrogens with zero attached hydrogens (tertiary/aromatic N) is 3. The summed E-state index contributed by atoms with van der Waals surface area (Å²) in [5.74, 6) is 6.99. The lowest BCUT2D eigenvalue weighted by atomic mass is 10.2. The molecule has 3 aromatic heterocycles. The highest BCUT2D eigenvalue weighted by Crippen LogP contribution is 2.40. The van der Waals surface area contributed by atoms with Gasteiger partial charge in [0.25, 0.3) is 0 Å². The largest absolute Gasteiger partial charge is 0.308 e. The molecule has 7 heteroatoms. The molecule has 0 spiro atoms. The number of nitrogen functional groups attached to an aromatic ring is 1. The van der Waals surface area contributed by atoms with Gasteiger partial charge in [0.05, 0.1) is 10.9 Å². The molecule has 1 aliphatic carbocycles. The van der Waals surface area contributed by atoms with Crippen molar-refractivity contribution in [2.75, 3.05) is 5.43 Å². The van der Waals surface area contributed by atoms with Gasteiger partial charge in [-0.1, -0.05) is 0 Å². The first-order chi connectivity index (χ1) is 9.36. The minimum Gasteiger partial charge on any atom is -0.308 e. The molecule has 4 rings (SSSR count). The maximum atomic E-state index is 5.64. The Morgan fingerprint density at radius 1 is 1.26 bits per heavy atom. The Balaban J connectivity index is 2.01. The molecule has 3 aromatic rings. The molecule has 5 nitrogen and oxygen atoms in total. The van der Waals surface area contributed by atoms with Crippen molar-refractivity contribution in [2.24, 2.45) is 5.84 Å². The van der Waals surface area contributed by atoms with Crippen LogP contribution in [0.25, 0.3) is 21.7 Å². The van der Waals surface area contributed by atoms with Crippen molar-refractivity contribution in [3.63, 3.8) is 0 Å². The van der Waals surface area contributed by atoms with Crippen LogP contribution in [-0.2, 0) is 12.8 Å². The first-order valence-electron chi connectivity index (χ1n) is 6.04. The van der Waals surface area contributed by atoms with Crippen LogP contribution < -0.4 is 11.3 Å². The number of rotatable bonds is 2. The first-order valence-corrected chi connectivity index (χ1v) is 7.80. The minimum absolute atomic E-state index is 0.640. The lowest BCUT2D eigenvalue weighted by Crippen LogP contribution is -2.10. The van der Waals surface area contributed by atoms with Crippen molar-refractivity contribution < 1.29 is 0 Å². The summed E-state index contributed by atoms with van der Waals surface area (Å²) in [6.07, 6.45) is 3.46. The first kappa shape index (κ1) is 11.3. The van der Waals surface area contributed by atoms with Gasteiger partial charge >= 0.3 is 0 Å². The highest BCUT2D eigenvalue weighted by Gasteiger charge is 2.22. The van der Waals surface area contributed by atoms with Gasteiger partial charge in [0, 0.05) is 10.3 Å². The fourth-order valence-corrected chi connectivity index (χ4v) is 4.33. The second kappa shape index (κ2) is 4.22. The number of anilines is 1. The predicted molar refractivity (Wildman–Crippen MR) is 78.4 cm³/mol. The number of aromatic nitrogens is 3. The molecule has 0 unspecified atom stereocenters. The normalized spacial score (nSPS) is 13.9.